The molecule has 21 heavy (non-hydrogen) atoms. The molecule has 2 N–H and O–H groups in total. The quantitative estimate of drug-likeness (QED) is 0.912. The summed E-state index contributed by atoms with van der Waals surface area (Å²) in [6.45, 7) is 3.74. The number of aryl methyl sites for hydroxylation is 1. The molecule has 0 saturated heterocycles. The van der Waals surface area contributed by atoms with Crippen LogP contribution >= 0.6 is 0 Å². The second-order valence-electron chi connectivity index (χ2n) is 4.75. The standard InChI is InChI=1S/C15H15F3N2O/c1-8-4-5-11(14(21-3)9(8)2)12-6-10(15(16,17)18)7-13(19)20-12/h4-7H,1-3H3,(H2,19,20). The molecule has 0 saturated carbocycles. The highest BCUT2D eigenvalue weighted by Crippen LogP contribution is 2.37. The molecule has 0 spiro atoms. The Morgan fingerprint density at radius 3 is 2.38 bits per heavy atom. The molecular formula is C15H15F3N2O. The molecule has 0 radical (unpaired) electrons. The summed E-state index contributed by atoms with van der Waals surface area (Å²) in [6.07, 6.45) is -4.47. The number of nitrogen functional groups attached to an aromatic ring is 1. The predicted molar refractivity (Wildman–Crippen MR) is 75.1 cm³/mol. The number of methoxy groups -OCH3 is 1. The first-order valence-corrected chi connectivity index (χ1v) is 6.23. The molecule has 3 nitrogen and oxygen atoms in total. The first kappa shape index (κ1) is 15.2. The van der Waals surface area contributed by atoms with E-state index < -0.39 is 11.7 Å². The smallest absolute Gasteiger partial charge is 0.416 e. The van der Waals surface area contributed by atoms with Gasteiger partial charge in [-0.2, -0.15) is 13.2 Å². The van der Waals surface area contributed by atoms with Crippen LogP contribution in [0.5, 0.6) is 5.75 Å². The predicted octanol–water partition coefficient (Wildman–Crippen LogP) is 3.98. The fraction of sp³-hybridized carbons (Fsp3) is 0.267. The van der Waals surface area contributed by atoms with E-state index in [0.717, 1.165) is 23.3 Å². The summed E-state index contributed by atoms with van der Waals surface area (Å²) in [4.78, 5) is 3.99. The number of hydrogen-bond donors (Lipinski definition) is 1. The van der Waals surface area contributed by atoms with E-state index in [4.69, 9.17) is 10.5 Å². The van der Waals surface area contributed by atoms with Crippen LogP contribution < -0.4 is 10.5 Å². The Hall–Kier alpha value is -2.24. The number of anilines is 1. The number of pyridine rings is 1. The van der Waals surface area contributed by atoms with Gasteiger partial charge in [-0.15, -0.1) is 0 Å². The average Bonchev–Trinajstić information content (AvgIpc) is 2.40. The van der Waals surface area contributed by atoms with Crippen molar-refractivity contribution in [2.75, 3.05) is 12.8 Å². The van der Waals surface area contributed by atoms with Gasteiger partial charge in [0.15, 0.2) is 0 Å². The van der Waals surface area contributed by atoms with Crippen molar-refractivity contribution in [1.29, 1.82) is 0 Å². The monoisotopic (exact) mass is 296 g/mol. The van der Waals surface area contributed by atoms with E-state index in [2.05, 4.69) is 4.98 Å². The topological polar surface area (TPSA) is 48.1 Å². The van der Waals surface area contributed by atoms with Crippen LogP contribution in [0, 0.1) is 13.8 Å². The molecule has 0 bridgehead atoms. The number of rotatable bonds is 2. The Bertz CT molecular complexity index is 681. The van der Waals surface area contributed by atoms with Crippen molar-refractivity contribution in [3.63, 3.8) is 0 Å². The number of hydrogen-bond acceptors (Lipinski definition) is 3. The molecule has 6 heteroatoms. The van der Waals surface area contributed by atoms with Gasteiger partial charge in [0.25, 0.3) is 0 Å². The Labute approximate surface area is 120 Å². The van der Waals surface area contributed by atoms with Crippen LogP contribution in [-0.4, -0.2) is 12.1 Å². The van der Waals surface area contributed by atoms with Crippen molar-refractivity contribution in [3.8, 4) is 17.0 Å². The lowest BCUT2D eigenvalue weighted by atomic mass is 10.0. The highest BCUT2D eigenvalue weighted by molar-refractivity contribution is 5.71. The summed E-state index contributed by atoms with van der Waals surface area (Å²) in [7, 11) is 1.47. The summed E-state index contributed by atoms with van der Waals surface area (Å²) in [5.41, 5.74) is 7.13. The third-order valence-corrected chi connectivity index (χ3v) is 3.33. The Balaban J connectivity index is 2.68. The third kappa shape index (κ3) is 2.94. The normalized spacial score (nSPS) is 11.5. The van der Waals surface area contributed by atoms with Crippen LogP contribution in [0.3, 0.4) is 0 Å². The van der Waals surface area contributed by atoms with Gasteiger partial charge in [-0.1, -0.05) is 6.07 Å². The molecule has 0 fully saturated rings. The zero-order chi connectivity index (χ0) is 15.8. The number of aromatic nitrogens is 1. The lowest BCUT2D eigenvalue weighted by molar-refractivity contribution is -0.137. The van der Waals surface area contributed by atoms with Gasteiger partial charge < -0.3 is 10.5 Å². The molecule has 1 heterocycles. The first-order valence-electron chi connectivity index (χ1n) is 6.23. The van der Waals surface area contributed by atoms with Gasteiger partial charge in [0.2, 0.25) is 0 Å². The number of nitrogens with two attached hydrogens (primary N) is 1. The van der Waals surface area contributed by atoms with E-state index >= 15 is 0 Å². The fourth-order valence-electron chi connectivity index (χ4n) is 2.11. The van der Waals surface area contributed by atoms with E-state index in [1.54, 1.807) is 6.07 Å². The van der Waals surface area contributed by atoms with E-state index in [-0.39, 0.29) is 11.5 Å². The number of halogens is 3. The molecular weight excluding hydrogens is 281 g/mol. The Morgan fingerprint density at radius 1 is 1.14 bits per heavy atom. The molecule has 0 atom stereocenters. The molecule has 2 aromatic rings. The second kappa shape index (κ2) is 5.27. The number of alkyl halides is 3. The maximum atomic E-state index is 12.9. The van der Waals surface area contributed by atoms with Crippen molar-refractivity contribution in [3.05, 3.63) is 41.0 Å². The van der Waals surface area contributed by atoms with Crippen molar-refractivity contribution in [2.45, 2.75) is 20.0 Å². The van der Waals surface area contributed by atoms with Crippen molar-refractivity contribution < 1.29 is 17.9 Å². The van der Waals surface area contributed by atoms with Crippen LogP contribution in [0.4, 0.5) is 19.0 Å². The van der Waals surface area contributed by atoms with Gasteiger partial charge in [-0.05, 0) is 43.2 Å². The zero-order valence-electron chi connectivity index (χ0n) is 11.9. The van der Waals surface area contributed by atoms with Gasteiger partial charge in [0.1, 0.15) is 11.6 Å². The molecule has 1 aromatic carbocycles. The minimum atomic E-state index is -4.47. The van der Waals surface area contributed by atoms with Crippen LogP contribution in [0.1, 0.15) is 16.7 Å². The Kier molecular flexibility index (Phi) is 3.80. The fourth-order valence-corrected chi connectivity index (χ4v) is 2.11. The molecule has 1 aromatic heterocycles. The van der Waals surface area contributed by atoms with Crippen LogP contribution in [0.15, 0.2) is 24.3 Å². The van der Waals surface area contributed by atoms with E-state index in [1.807, 2.05) is 19.9 Å². The molecule has 112 valence electrons. The van der Waals surface area contributed by atoms with Crippen LogP contribution in [-0.2, 0) is 6.18 Å². The molecule has 0 aliphatic heterocycles. The summed E-state index contributed by atoms with van der Waals surface area (Å²) in [5.74, 6) is 0.321. The summed E-state index contributed by atoms with van der Waals surface area (Å²) >= 11 is 0. The van der Waals surface area contributed by atoms with Gasteiger partial charge >= 0.3 is 6.18 Å². The maximum Gasteiger partial charge on any atom is 0.416 e. The Morgan fingerprint density at radius 2 is 1.81 bits per heavy atom. The second-order valence-corrected chi connectivity index (χ2v) is 4.75. The van der Waals surface area contributed by atoms with Gasteiger partial charge in [-0.3, -0.25) is 0 Å². The summed E-state index contributed by atoms with van der Waals surface area (Å²) < 4.78 is 43.9. The number of nitrogens with zero attached hydrogens (tertiary/aromatic N) is 1. The molecule has 0 aliphatic rings. The average molecular weight is 296 g/mol. The maximum absolute atomic E-state index is 12.9. The molecule has 2 rings (SSSR count). The van der Waals surface area contributed by atoms with Gasteiger partial charge in [-0.25, -0.2) is 4.98 Å². The van der Waals surface area contributed by atoms with E-state index in [9.17, 15) is 13.2 Å². The van der Waals surface area contributed by atoms with Crippen LogP contribution in [0.2, 0.25) is 0 Å². The lowest BCUT2D eigenvalue weighted by Gasteiger charge is -2.15. The van der Waals surface area contributed by atoms with Crippen molar-refractivity contribution in [1.82, 2.24) is 4.98 Å². The molecule has 0 unspecified atom stereocenters. The SMILES string of the molecule is COc1c(-c2cc(C(F)(F)F)cc(N)n2)ccc(C)c1C. The number of ether oxygens (including phenoxy) is 1. The highest BCUT2D eigenvalue weighted by Gasteiger charge is 2.31. The van der Waals surface area contributed by atoms with Crippen LogP contribution in [0.25, 0.3) is 11.3 Å². The van der Waals surface area contributed by atoms with Crippen molar-refractivity contribution in [2.24, 2.45) is 0 Å². The summed E-state index contributed by atoms with van der Waals surface area (Å²) in [6, 6.07) is 5.29. The van der Waals surface area contributed by atoms with E-state index in [1.165, 1.54) is 7.11 Å². The van der Waals surface area contributed by atoms with E-state index in [0.29, 0.717) is 11.3 Å². The molecule has 0 amide bonds. The highest BCUT2D eigenvalue weighted by atomic mass is 19.4. The zero-order valence-corrected chi connectivity index (χ0v) is 11.9. The van der Waals surface area contributed by atoms with Gasteiger partial charge in [0, 0.05) is 5.56 Å². The summed E-state index contributed by atoms with van der Waals surface area (Å²) in [5, 5.41) is 0. The lowest BCUT2D eigenvalue weighted by Crippen LogP contribution is -2.07. The van der Waals surface area contributed by atoms with Crippen molar-refractivity contribution >= 4 is 5.82 Å². The van der Waals surface area contributed by atoms with Gasteiger partial charge in [0.05, 0.1) is 18.4 Å². The first-order chi connectivity index (χ1) is 9.74. The minimum Gasteiger partial charge on any atom is -0.496 e. The molecule has 0 aliphatic carbocycles. The third-order valence-electron chi connectivity index (χ3n) is 3.33. The minimum absolute atomic E-state index is 0.141. The largest absolute Gasteiger partial charge is 0.496 e. The number of benzene rings is 1.